The van der Waals surface area contributed by atoms with Crippen molar-refractivity contribution in [3.63, 3.8) is 0 Å². The fourth-order valence-corrected chi connectivity index (χ4v) is 3.16. The molecule has 3 rings (SSSR count). The molecule has 27 heavy (non-hydrogen) atoms. The molecular weight excluding hydrogens is 338 g/mol. The molecule has 1 heterocycles. The van der Waals surface area contributed by atoms with Crippen molar-refractivity contribution in [1.29, 1.82) is 0 Å². The van der Waals surface area contributed by atoms with Gasteiger partial charge < -0.3 is 4.90 Å². The number of benzene rings is 2. The van der Waals surface area contributed by atoms with Crippen LogP contribution in [0.25, 0.3) is 0 Å². The Kier molecular flexibility index (Phi) is 6.01. The summed E-state index contributed by atoms with van der Waals surface area (Å²) in [4.78, 5) is 26.6. The molecule has 2 amide bonds. The zero-order valence-corrected chi connectivity index (χ0v) is 15.8. The summed E-state index contributed by atoms with van der Waals surface area (Å²) in [6, 6.07) is 19.7. The van der Waals surface area contributed by atoms with Gasteiger partial charge in [0.25, 0.3) is 0 Å². The van der Waals surface area contributed by atoms with Crippen molar-refractivity contribution in [2.75, 3.05) is 13.6 Å². The lowest BCUT2D eigenvalue weighted by molar-refractivity contribution is -0.137. The van der Waals surface area contributed by atoms with E-state index in [1.54, 1.807) is 11.9 Å². The van der Waals surface area contributed by atoms with Gasteiger partial charge in [-0.05, 0) is 18.1 Å². The Labute approximate surface area is 160 Å². The van der Waals surface area contributed by atoms with Gasteiger partial charge in [-0.25, -0.2) is 5.01 Å². The summed E-state index contributed by atoms with van der Waals surface area (Å²) in [7, 11) is 1.78. The predicted octanol–water partition coefficient (Wildman–Crippen LogP) is 3.62. The maximum absolute atomic E-state index is 12.5. The molecule has 2 aromatic rings. The van der Waals surface area contributed by atoms with E-state index in [1.165, 1.54) is 5.01 Å². The Bertz CT molecular complexity index is 818. The van der Waals surface area contributed by atoms with E-state index < -0.39 is 0 Å². The van der Waals surface area contributed by atoms with Gasteiger partial charge in [0.2, 0.25) is 11.8 Å². The number of amides is 2. The average Bonchev–Trinajstić information content (AvgIpc) is 3.22. The summed E-state index contributed by atoms with van der Waals surface area (Å²) < 4.78 is 0. The molecule has 0 aliphatic carbocycles. The first-order chi connectivity index (χ1) is 13.1. The van der Waals surface area contributed by atoms with Crippen LogP contribution in [-0.4, -0.2) is 41.0 Å². The van der Waals surface area contributed by atoms with Crippen LogP contribution in [0.2, 0.25) is 0 Å². The maximum Gasteiger partial charge on any atom is 0.243 e. The van der Waals surface area contributed by atoms with Crippen LogP contribution in [0.1, 0.15) is 43.4 Å². The molecule has 1 aliphatic heterocycles. The van der Waals surface area contributed by atoms with E-state index in [-0.39, 0.29) is 30.7 Å². The Morgan fingerprint density at radius 1 is 1.04 bits per heavy atom. The molecule has 0 fully saturated rings. The molecule has 0 spiro atoms. The SMILES string of the molecule is C[C@@H](c1ccccc1)N(C)C(=O)CCC(=O)N1CCC(c2ccccc2)=N1. The molecule has 2 aromatic carbocycles. The molecule has 1 atom stereocenters. The highest BCUT2D eigenvalue weighted by molar-refractivity contribution is 6.02. The Hall–Kier alpha value is -2.95. The smallest absolute Gasteiger partial charge is 0.243 e. The summed E-state index contributed by atoms with van der Waals surface area (Å²) in [5, 5.41) is 5.94. The first kappa shape index (κ1) is 18.8. The lowest BCUT2D eigenvalue weighted by Gasteiger charge is -2.25. The van der Waals surface area contributed by atoms with Crippen LogP contribution in [0.15, 0.2) is 65.8 Å². The monoisotopic (exact) mass is 363 g/mol. The zero-order valence-electron chi connectivity index (χ0n) is 15.8. The van der Waals surface area contributed by atoms with Gasteiger partial charge in [-0.15, -0.1) is 0 Å². The summed E-state index contributed by atoms with van der Waals surface area (Å²) in [6.45, 7) is 2.57. The van der Waals surface area contributed by atoms with Gasteiger partial charge in [-0.1, -0.05) is 60.7 Å². The minimum atomic E-state index is -0.102. The number of rotatable bonds is 6. The van der Waals surface area contributed by atoms with Gasteiger partial charge in [-0.3, -0.25) is 9.59 Å². The lowest BCUT2D eigenvalue weighted by atomic mass is 10.1. The molecule has 0 bridgehead atoms. The quantitative estimate of drug-likeness (QED) is 0.787. The maximum atomic E-state index is 12.5. The predicted molar refractivity (Wildman–Crippen MR) is 106 cm³/mol. The van der Waals surface area contributed by atoms with Crippen LogP contribution in [-0.2, 0) is 9.59 Å². The number of hydrogen-bond acceptors (Lipinski definition) is 3. The first-order valence-corrected chi connectivity index (χ1v) is 9.30. The third kappa shape index (κ3) is 4.61. The third-order valence-electron chi connectivity index (χ3n) is 5.01. The van der Waals surface area contributed by atoms with Crippen molar-refractivity contribution in [3.05, 3.63) is 71.8 Å². The highest BCUT2D eigenvalue weighted by atomic mass is 16.2. The second-order valence-electron chi connectivity index (χ2n) is 6.77. The molecule has 0 N–H and O–H groups in total. The van der Waals surface area contributed by atoms with Gasteiger partial charge >= 0.3 is 0 Å². The second-order valence-corrected chi connectivity index (χ2v) is 6.77. The highest BCUT2D eigenvalue weighted by Crippen LogP contribution is 2.20. The van der Waals surface area contributed by atoms with E-state index in [1.807, 2.05) is 67.6 Å². The highest BCUT2D eigenvalue weighted by Gasteiger charge is 2.23. The third-order valence-corrected chi connectivity index (χ3v) is 5.01. The minimum absolute atomic E-state index is 0.0247. The number of hydrazone groups is 1. The summed E-state index contributed by atoms with van der Waals surface area (Å²) in [5.41, 5.74) is 3.04. The summed E-state index contributed by atoms with van der Waals surface area (Å²) >= 11 is 0. The van der Waals surface area contributed by atoms with Gasteiger partial charge in [0.15, 0.2) is 0 Å². The van der Waals surface area contributed by atoms with Crippen molar-refractivity contribution in [2.24, 2.45) is 5.10 Å². The fraction of sp³-hybridized carbons (Fsp3) is 0.318. The number of carbonyl (C=O) groups excluding carboxylic acids is 2. The van der Waals surface area contributed by atoms with Crippen molar-refractivity contribution < 1.29 is 9.59 Å². The number of nitrogens with zero attached hydrogens (tertiary/aromatic N) is 3. The van der Waals surface area contributed by atoms with Crippen molar-refractivity contribution >= 4 is 17.5 Å². The van der Waals surface area contributed by atoms with Crippen molar-refractivity contribution in [2.45, 2.75) is 32.2 Å². The largest absolute Gasteiger partial charge is 0.339 e. The molecular formula is C22H25N3O2. The summed E-state index contributed by atoms with van der Waals surface area (Å²) in [5.74, 6) is -0.138. The first-order valence-electron chi connectivity index (χ1n) is 9.30. The van der Waals surface area contributed by atoms with Crippen LogP contribution in [0.3, 0.4) is 0 Å². The van der Waals surface area contributed by atoms with Crippen LogP contribution < -0.4 is 0 Å². The molecule has 140 valence electrons. The lowest BCUT2D eigenvalue weighted by Crippen LogP contribution is -2.31. The van der Waals surface area contributed by atoms with E-state index in [0.29, 0.717) is 6.54 Å². The van der Waals surface area contributed by atoms with E-state index in [2.05, 4.69) is 5.10 Å². The van der Waals surface area contributed by atoms with Crippen LogP contribution in [0, 0.1) is 0 Å². The molecule has 0 unspecified atom stereocenters. The van der Waals surface area contributed by atoms with Gasteiger partial charge in [0.05, 0.1) is 18.3 Å². The Balaban J connectivity index is 1.53. The number of hydrogen-bond donors (Lipinski definition) is 0. The second kappa shape index (κ2) is 8.62. The van der Waals surface area contributed by atoms with Gasteiger partial charge in [0, 0.05) is 26.3 Å². The molecule has 0 saturated heterocycles. The molecule has 0 saturated carbocycles. The van der Waals surface area contributed by atoms with Gasteiger partial charge in [-0.2, -0.15) is 5.10 Å². The van der Waals surface area contributed by atoms with E-state index in [0.717, 1.165) is 23.3 Å². The molecule has 0 radical (unpaired) electrons. The van der Waals surface area contributed by atoms with Crippen LogP contribution in [0.4, 0.5) is 0 Å². The standard InChI is InChI=1S/C22H25N3O2/c1-17(18-9-5-3-6-10-18)24(2)21(26)13-14-22(27)25-16-15-20(23-25)19-11-7-4-8-12-19/h3-12,17H,13-16H2,1-2H3/t17-/m0/s1. The molecule has 5 heteroatoms. The van der Waals surface area contributed by atoms with E-state index >= 15 is 0 Å². The van der Waals surface area contributed by atoms with Crippen molar-refractivity contribution in [3.8, 4) is 0 Å². The minimum Gasteiger partial charge on any atom is -0.339 e. The van der Waals surface area contributed by atoms with Crippen LogP contribution >= 0.6 is 0 Å². The Morgan fingerprint density at radius 3 is 2.33 bits per heavy atom. The summed E-state index contributed by atoms with van der Waals surface area (Å²) in [6.07, 6.45) is 1.12. The normalized spacial score (nSPS) is 14.6. The van der Waals surface area contributed by atoms with Crippen LogP contribution in [0.5, 0.6) is 0 Å². The molecule has 1 aliphatic rings. The Morgan fingerprint density at radius 2 is 1.67 bits per heavy atom. The average molecular weight is 363 g/mol. The van der Waals surface area contributed by atoms with Crippen molar-refractivity contribution in [1.82, 2.24) is 9.91 Å². The number of carbonyl (C=O) groups is 2. The molecule has 0 aromatic heterocycles. The van der Waals surface area contributed by atoms with E-state index in [4.69, 9.17) is 0 Å². The zero-order chi connectivity index (χ0) is 19.2. The topological polar surface area (TPSA) is 53.0 Å². The van der Waals surface area contributed by atoms with E-state index in [9.17, 15) is 9.59 Å². The fourth-order valence-electron chi connectivity index (χ4n) is 3.16. The molecule has 5 nitrogen and oxygen atoms in total. The van der Waals surface area contributed by atoms with Gasteiger partial charge in [0.1, 0.15) is 0 Å².